The van der Waals surface area contributed by atoms with E-state index in [0.29, 0.717) is 11.4 Å². The van der Waals surface area contributed by atoms with Crippen LogP contribution in [0.4, 0.5) is 0 Å². The first-order chi connectivity index (χ1) is 12.3. The Morgan fingerprint density at radius 1 is 1.04 bits per heavy atom. The molecule has 0 spiro atoms. The lowest BCUT2D eigenvalue weighted by atomic mass is 10.3. The van der Waals surface area contributed by atoms with Crippen molar-refractivity contribution in [2.24, 2.45) is 0 Å². The predicted molar refractivity (Wildman–Crippen MR) is 89.9 cm³/mol. The van der Waals surface area contributed by atoms with Crippen molar-refractivity contribution >= 4 is 11.0 Å². The van der Waals surface area contributed by atoms with E-state index in [2.05, 4.69) is 26.0 Å². The number of aromatic nitrogens is 5. The van der Waals surface area contributed by atoms with Crippen LogP contribution in [0, 0.1) is 11.3 Å². The fourth-order valence-corrected chi connectivity index (χ4v) is 2.44. The number of rotatable bonds is 4. The molecule has 0 radical (unpaired) electrons. The van der Waals surface area contributed by atoms with Crippen LogP contribution in [-0.2, 0) is 6.61 Å². The normalized spacial score (nSPS) is 10.5. The molecule has 25 heavy (non-hydrogen) atoms. The molecule has 0 amide bonds. The molecule has 0 saturated carbocycles. The van der Waals surface area contributed by atoms with Crippen LogP contribution >= 0.6 is 0 Å². The molecule has 7 heteroatoms. The van der Waals surface area contributed by atoms with E-state index in [1.807, 2.05) is 42.5 Å². The zero-order valence-corrected chi connectivity index (χ0v) is 13.1. The van der Waals surface area contributed by atoms with E-state index in [-0.39, 0.29) is 12.6 Å². The Labute approximate surface area is 143 Å². The molecular formula is C18H12N6O. The van der Waals surface area contributed by atoms with Gasteiger partial charge in [-0.05, 0) is 24.3 Å². The minimum atomic E-state index is 0.178. The highest BCUT2D eigenvalue weighted by Gasteiger charge is 2.13. The Kier molecular flexibility index (Phi) is 3.77. The van der Waals surface area contributed by atoms with Crippen LogP contribution in [0.2, 0.25) is 0 Å². The Bertz CT molecular complexity index is 1070. The van der Waals surface area contributed by atoms with E-state index in [9.17, 15) is 5.26 Å². The fourth-order valence-electron chi connectivity index (χ4n) is 2.44. The molecule has 0 N–H and O–H groups in total. The number of benzene rings is 1. The molecule has 0 unspecified atom stereocenters. The van der Waals surface area contributed by atoms with Crippen LogP contribution in [0.25, 0.3) is 16.9 Å². The molecule has 7 nitrogen and oxygen atoms in total. The van der Waals surface area contributed by atoms with Crippen molar-refractivity contribution in [1.29, 1.82) is 5.26 Å². The standard InChI is InChI=1S/C18H12N6O/c19-9-13-10-21-18(25-11-14-5-3-4-8-20-14)23-17(13)24-12-22-15-6-1-2-7-16(15)24/h1-8,10,12H,11H2. The Morgan fingerprint density at radius 3 is 2.76 bits per heavy atom. The van der Waals surface area contributed by atoms with Gasteiger partial charge in [0.25, 0.3) is 0 Å². The minimum absolute atomic E-state index is 0.178. The molecule has 3 aromatic heterocycles. The van der Waals surface area contributed by atoms with Gasteiger partial charge < -0.3 is 4.74 Å². The molecule has 3 heterocycles. The number of hydrogen-bond acceptors (Lipinski definition) is 6. The van der Waals surface area contributed by atoms with Crippen molar-refractivity contribution in [3.05, 3.63) is 72.4 Å². The summed E-state index contributed by atoms with van der Waals surface area (Å²) in [6.07, 6.45) is 4.78. The molecule has 0 atom stereocenters. The maximum Gasteiger partial charge on any atom is 0.318 e. The van der Waals surface area contributed by atoms with Gasteiger partial charge in [-0.1, -0.05) is 18.2 Å². The van der Waals surface area contributed by atoms with Crippen molar-refractivity contribution in [3.8, 4) is 17.9 Å². The number of pyridine rings is 1. The SMILES string of the molecule is N#Cc1cnc(OCc2ccccn2)nc1-n1cnc2ccccc21. The van der Waals surface area contributed by atoms with Crippen molar-refractivity contribution in [2.45, 2.75) is 6.61 Å². The molecule has 0 aliphatic rings. The number of hydrogen-bond donors (Lipinski definition) is 0. The third-order valence-electron chi connectivity index (χ3n) is 3.62. The summed E-state index contributed by atoms with van der Waals surface area (Å²) in [6, 6.07) is 15.5. The van der Waals surface area contributed by atoms with Gasteiger partial charge in [-0.15, -0.1) is 0 Å². The van der Waals surface area contributed by atoms with E-state index < -0.39 is 0 Å². The van der Waals surface area contributed by atoms with E-state index in [4.69, 9.17) is 4.74 Å². The molecule has 0 aliphatic heterocycles. The maximum atomic E-state index is 9.37. The zero-order valence-electron chi connectivity index (χ0n) is 13.1. The van der Waals surface area contributed by atoms with Crippen molar-refractivity contribution in [3.63, 3.8) is 0 Å². The van der Waals surface area contributed by atoms with Crippen molar-refractivity contribution in [2.75, 3.05) is 0 Å². The summed E-state index contributed by atoms with van der Waals surface area (Å²) in [7, 11) is 0. The molecule has 120 valence electrons. The smallest absolute Gasteiger partial charge is 0.318 e. The van der Waals surface area contributed by atoms with Gasteiger partial charge in [0, 0.05) is 6.20 Å². The Morgan fingerprint density at radius 2 is 1.92 bits per heavy atom. The number of nitriles is 1. The number of imidazole rings is 1. The van der Waals surface area contributed by atoms with Crippen LogP contribution in [0.15, 0.2) is 61.2 Å². The summed E-state index contributed by atoms with van der Waals surface area (Å²) in [5.74, 6) is 0.433. The van der Waals surface area contributed by atoms with E-state index in [1.54, 1.807) is 17.1 Å². The van der Waals surface area contributed by atoms with Crippen LogP contribution in [-0.4, -0.2) is 24.5 Å². The summed E-state index contributed by atoms with van der Waals surface area (Å²) in [5, 5.41) is 9.37. The molecule has 1 aromatic carbocycles. The quantitative estimate of drug-likeness (QED) is 0.572. The van der Waals surface area contributed by atoms with Gasteiger partial charge in [0.2, 0.25) is 0 Å². The Hall–Kier alpha value is -3.79. The minimum Gasteiger partial charge on any atom is -0.457 e. The molecule has 0 aliphatic carbocycles. The van der Waals surface area contributed by atoms with Gasteiger partial charge in [0.15, 0.2) is 5.82 Å². The zero-order chi connectivity index (χ0) is 17.1. The van der Waals surface area contributed by atoms with E-state index >= 15 is 0 Å². The monoisotopic (exact) mass is 328 g/mol. The number of para-hydroxylation sites is 2. The summed E-state index contributed by atoms with van der Waals surface area (Å²) in [6.45, 7) is 0.247. The third-order valence-corrected chi connectivity index (χ3v) is 3.62. The van der Waals surface area contributed by atoms with Crippen LogP contribution < -0.4 is 4.74 Å². The van der Waals surface area contributed by atoms with E-state index in [0.717, 1.165) is 16.7 Å². The summed E-state index contributed by atoms with van der Waals surface area (Å²) >= 11 is 0. The lowest BCUT2D eigenvalue weighted by Gasteiger charge is -2.08. The highest BCUT2D eigenvalue weighted by Crippen LogP contribution is 2.20. The average molecular weight is 328 g/mol. The first-order valence-corrected chi connectivity index (χ1v) is 7.57. The summed E-state index contributed by atoms with van der Waals surface area (Å²) in [4.78, 5) is 17.0. The van der Waals surface area contributed by atoms with Gasteiger partial charge >= 0.3 is 6.01 Å². The largest absolute Gasteiger partial charge is 0.457 e. The van der Waals surface area contributed by atoms with Crippen molar-refractivity contribution < 1.29 is 4.74 Å². The molecular weight excluding hydrogens is 316 g/mol. The highest BCUT2D eigenvalue weighted by atomic mass is 16.5. The van der Waals surface area contributed by atoms with Gasteiger partial charge in [-0.3, -0.25) is 9.55 Å². The second-order valence-corrected chi connectivity index (χ2v) is 5.21. The first-order valence-electron chi connectivity index (χ1n) is 7.57. The molecule has 4 aromatic rings. The highest BCUT2D eigenvalue weighted by molar-refractivity contribution is 5.77. The maximum absolute atomic E-state index is 9.37. The predicted octanol–water partition coefficient (Wildman–Crippen LogP) is 2.66. The van der Waals surface area contributed by atoms with Crippen LogP contribution in [0.1, 0.15) is 11.3 Å². The van der Waals surface area contributed by atoms with Crippen molar-refractivity contribution in [1.82, 2.24) is 24.5 Å². The molecule has 0 fully saturated rings. The van der Waals surface area contributed by atoms with Gasteiger partial charge in [-0.2, -0.15) is 10.2 Å². The number of fused-ring (bicyclic) bond motifs is 1. The van der Waals surface area contributed by atoms with Gasteiger partial charge in [0.05, 0.1) is 22.9 Å². The summed E-state index contributed by atoms with van der Waals surface area (Å²) < 4.78 is 7.37. The molecule has 4 rings (SSSR count). The average Bonchev–Trinajstić information content (AvgIpc) is 3.11. The van der Waals surface area contributed by atoms with Crippen LogP contribution in [0.5, 0.6) is 6.01 Å². The summed E-state index contributed by atoms with van der Waals surface area (Å²) in [5.41, 5.74) is 2.78. The van der Waals surface area contributed by atoms with Gasteiger partial charge in [0.1, 0.15) is 24.6 Å². The topological polar surface area (TPSA) is 89.5 Å². The molecule has 0 bridgehead atoms. The first kappa shape index (κ1) is 14.8. The number of ether oxygens (including phenoxy) is 1. The lowest BCUT2D eigenvalue weighted by molar-refractivity contribution is 0.276. The fraction of sp³-hybridized carbons (Fsp3) is 0.0556. The molecule has 0 saturated heterocycles. The number of nitrogens with zero attached hydrogens (tertiary/aromatic N) is 6. The Balaban J connectivity index is 1.71. The van der Waals surface area contributed by atoms with Crippen LogP contribution in [0.3, 0.4) is 0 Å². The second kappa shape index (κ2) is 6.37. The van der Waals surface area contributed by atoms with Gasteiger partial charge in [-0.25, -0.2) is 9.97 Å². The second-order valence-electron chi connectivity index (χ2n) is 5.21. The third kappa shape index (κ3) is 2.88. The van der Waals surface area contributed by atoms with E-state index in [1.165, 1.54) is 6.20 Å². The lowest BCUT2D eigenvalue weighted by Crippen LogP contribution is -2.06.